The number of rotatable bonds is 4. The van der Waals surface area contributed by atoms with Crippen molar-refractivity contribution in [1.82, 2.24) is 30.1 Å². The maximum atomic E-state index is 15.1. The predicted molar refractivity (Wildman–Crippen MR) is 112 cm³/mol. The van der Waals surface area contributed by atoms with Crippen LogP contribution in [-0.2, 0) is 6.42 Å². The van der Waals surface area contributed by atoms with Gasteiger partial charge in [-0.15, -0.1) is 0 Å². The van der Waals surface area contributed by atoms with Crippen molar-refractivity contribution < 1.29 is 9.50 Å². The first-order chi connectivity index (χ1) is 14.6. The van der Waals surface area contributed by atoms with Crippen LogP contribution in [0.2, 0.25) is 0 Å². The zero-order valence-electron chi connectivity index (χ0n) is 16.8. The molecule has 1 aromatic carbocycles. The standard InChI is InChI=1S/C22H23FN6O/c1-13-12-29-22(25-13)15(4-7-30)9-20(28-29)16-8-18(23)17-11-19(26-27-21(17)10-16)14-2-5-24-6-3-14/h8-12,14,24,30H,2-7H2,1H3. The summed E-state index contributed by atoms with van der Waals surface area (Å²) in [5, 5.41) is 26.6. The second kappa shape index (κ2) is 7.70. The second-order valence-corrected chi connectivity index (χ2v) is 7.86. The summed E-state index contributed by atoms with van der Waals surface area (Å²) in [6, 6.07) is 7.01. The van der Waals surface area contributed by atoms with Crippen LogP contribution in [0, 0.1) is 12.7 Å². The van der Waals surface area contributed by atoms with Gasteiger partial charge < -0.3 is 10.4 Å². The molecule has 4 heterocycles. The maximum Gasteiger partial charge on any atom is 0.157 e. The molecule has 4 aromatic rings. The van der Waals surface area contributed by atoms with Crippen LogP contribution in [0.15, 0.2) is 30.5 Å². The largest absolute Gasteiger partial charge is 0.396 e. The number of aliphatic hydroxyl groups is 1. The van der Waals surface area contributed by atoms with Gasteiger partial charge in [0.1, 0.15) is 5.82 Å². The lowest BCUT2D eigenvalue weighted by Crippen LogP contribution is -2.27. The number of aromatic nitrogens is 5. The molecule has 154 valence electrons. The van der Waals surface area contributed by atoms with Gasteiger partial charge in [-0.3, -0.25) is 0 Å². The van der Waals surface area contributed by atoms with E-state index < -0.39 is 0 Å². The van der Waals surface area contributed by atoms with E-state index in [0.29, 0.717) is 40.1 Å². The van der Waals surface area contributed by atoms with E-state index in [4.69, 9.17) is 0 Å². The Morgan fingerprint density at radius 1 is 1.17 bits per heavy atom. The van der Waals surface area contributed by atoms with E-state index in [2.05, 4.69) is 25.6 Å². The Labute approximate surface area is 173 Å². The number of nitrogens with zero attached hydrogens (tertiary/aromatic N) is 5. The monoisotopic (exact) mass is 406 g/mol. The second-order valence-electron chi connectivity index (χ2n) is 7.86. The highest BCUT2D eigenvalue weighted by Gasteiger charge is 2.19. The first-order valence-electron chi connectivity index (χ1n) is 10.3. The third kappa shape index (κ3) is 3.42. The first-order valence-corrected chi connectivity index (χ1v) is 10.3. The molecule has 5 rings (SSSR count). The van der Waals surface area contributed by atoms with E-state index in [1.165, 1.54) is 6.07 Å². The molecule has 0 amide bonds. The number of nitrogens with one attached hydrogen (secondary N) is 1. The highest BCUT2D eigenvalue weighted by atomic mass is 19.1. The Bertz CT molecular complexity index is 1230. The molecule has 3 aromatic heterocycles. The number of piperidine rings is 1. The quantitative estimate of drug-likeness (QED) is 0.542. The van der Waals surface area contributed by atoms with Crippen LogP contribution >= 0.6 is 0 Å². The topological polar surface area (TPSA) is 88.2 Å². The summed E-state index contributed by atoms with van der Waals surface area (Å²) in [5.74, 6) is -0.0168. The summed E-state index contributed by atoms with van der Waals surface area (Å²) in [6.07, 6.45) is 4.25. The summed E-state index contributed by atoms with van der Waals surface area (Å²) >= 11 is 0. The van der Waals surface area contributed by atoms with Crippen molar-refractivity contribution in [2.45, 2.75) is 32.1 Å². The Kier molecular flexibility index (Phi) is 4.88. The van der Waals surface area contributed by atoms with Crippen LogP contribution in [0.5, 0.6) is 0 Å². The molecule has 0 unspecified atom stereocenters. The normalized spacial score (nSPS) is 15.3. The third-order valence-corrected chi connectivity index (χ3v) is 5.73. The highest BCUT2D eigenvalue weighted by Crippen LogP contribution is 2.29. The van der Waals surface area contributed by atoms with Crippen molar-refractivity contribution in [1.29, 1.82) is 0 Å². The molecular weight excluding hydrogens is 383 g/mol. The molecular formula is C22H23FN6O. The van der Waals surface area contributed by atoms with E-state index >= 15 is 4.39 Å². The number of benzene rings is 1. The van der Waals surface area contributed by atoms with Gasteiger partial charge in [-0.25, -0.2) is 13.9 Å². The molecule has 1 aliphatic rings. The van der Waals surface area contributed by atoms with Gasteiger partial charge in [0, 0.05) is 29.0 Å². The Morgan fingerprint density at radius 3 is 2.80 bits per heavy atom. The summed E-state index contributed by atoms with van der Waals surface area (Å²) in [4.78, 5) is 4.48. The molecule has 0 bridgehead atoms. The molecule has 0 radical (unpaired) electrons. The minimum Gasteiger partial charge on any atom is -0.396 e. The van der Waals surface area contributed by atoms with Crippen LogP contribution in [0.1, 0.15) is 35.7 Å². The Hall–Kier alpha value is -2.97. The molecule has 1 saturated heterocycles. The van der Waals surface area contributed by atoms with Crippen LogP contribution in [-0.4, -0.2) is 49.6 Å². The van der Waals surface area contributed by atoms with Crippen molar-refractivity contribution >= 4 is 16.6 Å². The van der Waals surface area contributed by atoms with Crippen LogP contribution in [0.25, 0.3) is 27.8 Å². The smallest absolute Gasteiger partial charge is 0.157 e. The van der Waals surface area contributed by atoms with Crippen molar-refractivity contribution in [3.05, 3.63) is 53.2 Å². The summed E-state index contributed by atoms with van der Waals surface area (Å²) in [5.41, 5.74) is 5.00. The average Bonchev–Trinajstić information content (AvgIpc) is 3.15. The summed E-state index contributed by atoms with van der Waals surface area (Å²) in [7, 11) is 0. The summed E-state index contributed by atoms with van der Waals surface area (Å²) in [6.45, 7) is 3.79. The van der Waals surface area contributed by atoms with Crippen LogP contribution < -0.4 is 5.32 Å². The van der Waals surface area contributed by atoms with E-state index in [1.54, 1.807) is 4.52 Å². The molecule has 1 fully saturated rings. The highest BCUT2D eigenvalue weighted by molar-refractivity contribution is 5.84. The SMILES string of the molecule is Cc1cn2nc(-c3cc(F)c4cc(C5CCNCC5)nnc4c3)cc(CCO)c2n1. The minimum atomic E-state index is -0.333. The Balaban J connectivity index is 1.59. The number of hydrogen-bond acceptors (Lipinski definition) is 6. The fourth-order valence-corrected chi connectivity index (χ4v) is 4.18. The van der Waals surface area contributed by atoms with Crippen LogP contribution in [0.4, 0.5) is 4.39 Å². The summed E-state index contributed by atoms with van der Waals surface area (Å²) < 4.78 is 16.8. The van der Waals surface area contributed by atoms with Gasteiger partial charge >= 0.3 is 0 Å². The van der Waals surface area contributed by atoms with E-state index in [1.807, 2.05) is 31.3 Å². The number of imidazole rings is 1. The van der Waals surface area contributed by atoms with Gasteiger partial charge in [0.15, 0.2) is 5.65 Å². The van der Waals surface area contributed by atoms with Gasteiger partial charge in [-0.1, -0.05) is 0 Å². The lowest BCUT2D eigenvalue weighted by Gasteiger charge is -2.21. The molecule has 0 aliphatic carbocycles. The number of fused-ring (bicyclic) bond motifs is 2. The molecule has 8 heteroatoms. The van der Waals surface area contributed by atoms with Crippen LogP contribution in [0.3, 0.4) is 0 Å². The zero-order chi connectivity index (χ0) is 20.7. The van der Waals surface area contributed by atoms with Gasteiger partial charge in [0.25, 0.3) is 0 Å². The molecule has 2 N–H and O–H groups in total. The lowest BCUT2D eigenvalue weighted by molar-refractivity contribution is 0.300. The van der Waals surface area contributed by atoms with Gasteiger partial charge in [0.2, 0.25) is 0 Å². The van der Waals surface area contributed by atoms with Crippen molar-refractivity contribution in [2.24, 2.45) is 0 Å². The number of halogens is 1. The van der Waals surface area contributed by atoms with E-state index in [-0.39, 0.29) is 12.4 Å². The maximum absolute atomic E-state index is 15.1. The predicted octanol–water partition coefficient (Wildman–Crippen LogP) is 2.79. The fraction of sp³-hybridized carbons (Fsp3) is 0.364. The van der Waals surface area contributed by atoms with Crippen molar-refractivity contribution in [3.8, 4) is 11.3 Å². The molecule has 0 spiro atoms. The van der Waals surface area contributed by atoms with Gasteiger partial charge in [0.05, 0.1) is 28.8 Å². The zero-order valence-corrected chi connectivity index (χ0v) is 16.8. The Morgan fingerprint density at radius 2 is 2.00 bits per heavy atom. The molecule has 1 aliphatic heterocycles. The van der Waals surface area contributed by atoms with Gasteiger partial charge in [-0.2, -0.15) is 15.3 Å². The number of aryl methyl sites for hydroxylation is 1. The molecule has 7 nitrogen and oxygen atoms in total. The van der Waals surface area contributed by atoms with E-state index in [0.717, 1.165) is 42.9 Å². The number of aliphatic hydroxyl groups excluding tert-OH is 1. The third-order valence-electron chi connectivity index (χ3n) is 5.73. The minimum absolute atomic E-state index is 0.00203. The molecule has 30 heavy (non-hydrogen) atoms. The number of hydrogen-bond donors (Lipinski definition) is 2. The average molecular weight is 406 g/mol. The first kappa shape index (κ1) is 19.0. The lowest BCUT2D eigenvalue weighted by atomic mass is 9.93. The van der Waals surface area contributed by atoms with Gasteiger partial charge in [-0.05, 0) is 63.5 Å². The van der Waals surface area contributed by atoms with E-state index in [9.17, 15) is 5.11 Å². The van der Waals surface area contributed by atoms with Crippen molar-refractivity contribution in [2.75, 3.05) is 19.7 Å². The fourth-order valence-electron chi connectivity index (χ4n) is 4.18. The molecule has 0 saturated carbocycles. The van der Waals surface area contributed by atoms with Crippen molar-refractivity contribution in [3.63, 3.8) is 0 Å². The molecule has 0 atom stereocenters.